The maximum Gasteiger partial charge on any atom is 0.299 e. The lowest BCUT2D eigenvalue weighted by Crippen LogP contribution is -2.55. The lowest BCUT2D eigenvalue weighted by atomic mass is 9.89. The second kappa shape index (κ2) is 9.82. The Kier molecular flexibility index (Phi) is 7.23. The standard InChI is InChI=1S/C24H27ClF2O6/c25-18-10-5-13(23-22(31)21(30)20(29)19(12-28)33-23)11-17(18)24(26,27)14-6-8-16(9-7-14)32-15-3-1-2-4-15/h5-11,15,19-23,28-31H,1-4,12H2/t19-,20-,21+,22-,23+/m1/s1. The van der Waals surface area contributed by atoms with Crippen LogP contribution in [0.15, 0.2) is 42.5 Å². The van der Waals surface area contributed by atoms with E-state index in [2.05, 4.69) is 0 Å². The Labute approximate surface area is 195 Å². The molecule has 1 aliphatic heterocycles. The number of hydrogen-bond donors (Lipinski definition) is 4. The molecule has 4 N–H and O–H groups in total. The number of benzene rings is 2. The van der Waals surface area contributed by atoms with Gasteiger partial charge >= 0.3 is 0 Å². The molecule has 33 heavy (non-hydrogen) atoms. The maximum absolute atomic E-state index is 15.5. The second-order valence-electron chi connectivity index (χ2n) is 8.61. The molecule has 1 saturated carbocycles. The van der Waals surface area contributed by atoms with Gasteiger partial charge in [-0.25, -0.2) is 0 Å². The van der Waals surface area contributed by atoms with Gasteiger partial charge in [0.05, 0.1) is 17.7 Å². The average molecular weight is 485 g/mol. The van der Waals surface area contributed by atoms with Crippen molar-refractivity contribution in [2.75, 3.05) is 6.61 Å². The van der Waals surface area contributed by atoms with E-state index in [-0.39, 0.29) is 22.3 Å². The van der Waals surface area contributed by atoms with Crippen LogP contribution in [-0.4, -0.2) is 57.6 Å². The van der Waals surface area contributed by atoms with Crippen molar-refractivity contribution in [1.29, 1.82) is 0 Å². The van der Waals surface area contributed by atoms with E-state index in [1.807, 2.05) is 0 Å². The molecule has 2 aromatic rings. The Hall–Kier alpha value is -1.81. The van der Waals surface area contributed by atoms with E-state index >= 15 is 8.78 Å². The number of halogens is 3. The number of aliphatic hydroxyl groups is 4. The SMILES string of the molecule is OC[C@H]1O[C@@H](c2ccc(Cl)c(C(F)(F)c3ccc(OC4CCCC4)cc3)c2)[C@H](O)[C@@H](O)[C@@H]1O. The van der Waals surface area contributed by atoms with Gasteiger partial charge in [0, 0.05) is 11.1 Å². The van der Waals surface area contributed by atoms with Crippen LogP contribution in [0, 0.1) is 0 Å². The van der Waals surface area contributed by atoms with E-state index in [0.29, 0.717) is 5.75 Å². The molecule has 180 valence electrons. The van der Waals surface area contributed by atoms with Crippen LogP contribution >= 0.6 is 11.6 Å². The Morgan fingerprint density at radius 2 is 1.64 bits per heavy atom. The molecule has 9 heteroatoms. The van der Waals surface area contributed by atoms with Gasteiger partial charge in [0.1, 0.15) is 36.3 Å². The van der Waals surface area contributed by atoms with Crippen LogP contribution in [0.1, 0.15) is 48.5 Å². The zero-order chi connectivity index (χ0) is 23.8. The smallest absolute Gasteiger partial charge is 0.299 e. The van der Waals surface area contributed by atoms with Gasteiger partial charge in [0.25, 0.3) is 5.92 Å². The molecule has 1 heterocycles. The summed E-state index contributed by atoms with van der Waals surface area (Å²) in [6.07, 6.45) is -2.91. The first-order valence-electron chi connectivity index (χ1n) is 11.0. The van der Waals surface area contributed by atoms with Gasteiger partial charge in [-0.05, 0) is 67.6 Å². The molecule has 5 atom stereocenters. The molecule has 2 fully saturated rings. The summed E-state index contributed by atoms with van der Waals surface area (Å²) in [4.78, 5) is 0. The van der Waals surface area contributed by atoms with Gasteiger partial charge in [-0.3, -0.25) is 0 Å². The Morgan fingerprint density at radius 3 is 2.27 bits per heavy atom. The van der Waals surface area contributed by atoms with E-state index in [4.69, 9.17) is 21.1 Å². The topological polar surface area (TPSA) is 99.4 Å². The lowest BCUT2D eigenvalue weighted by Gasteiger charge is -2.40. The first-order chi connectivity index (χ1) is 15.7. The normalized spacial score (nSPS) is 28.8. The van der Waals surface area contributed by atoms with Crippen molar-refractivity contribution >= 4 is 11.6 Å². The van der Waals surface area contributed by atoms with Gasteiger partial charge < -0.3 is 29.9 Å². The molecule has 2 aromatic carbocycles. The highest BCUT2D eigenvalue weighted by atomic mass is 35.5. The van der Waals surface area contributed by atoms with E-state index in [0.717, 1.165) is 31.7 Å². The molecule has 0 spiro atoms. The second-order valence-corrected chi connectivity index (χ2v) is 9.02. The summed E-state index contributed by atoms with van der Waals surface area (Å²) >= 11 is 6.12. The lowest BCUT2D eigenvalue weighted by molar-refractivity contribution is -0.231. The van der Waals surface area contributed by atoms with Crippen LogP contribution in [-0.2, 0) is 10.7 Å². The molecule has 1 aliphatic carbocycles. The molecule has 0 unspecified atom stereocenters. The van der Waals surface area contributed by atoms with Crippen LogP contribution in [0.3, 0.4) is 0 Å². The molecule has 2 aliphatic rings. The van der Waals surface area contributed by atoms with E-state index in [1.165, 1.54) is 36.4 Å². The Balaban J connectivity index is 1.60. The van der Waals surface area contributed by atoms with Gasteiger partial charge in [0.15, 0.2) is 0 Å². The minimum atomic E-state index is -3.47. The van der Waals surface area contributed by atoms with Crippen molar-refractivity contribution in [3.63, 3.8) is 0 Å². The first kappa shape index (κ1) is 24.3. The van der Waals surface area contributed by atoms with Gasteiger partial charge in [-0.1, -0.05) is 17.7 Å². The van der Waals surface area contributed by atoms with Gasteiger partial charge in [-0.2, -0.15) is 8.78 Å². The number of ether oxygens (including phenoxy) is 2. The summed E-state index contributed by atoms with van der Waals surface area (Å²) < 4.78 is 42.2. The molecule has 0 bridgehead atoms. The van der Waals surface area contributed by atoms with Crippen LogP contribution in [0.4, 0.5) is 8.78 Å². The summed E-state index contributed by atoms with van der Waals surface area (Å²) in [6.45, 7) is -0.618. The fourth-order valence-electron chi connectivity index (χ4n) is 4.43. The predicted octanol–water partition coefficient (Wildman–Crippen LogP) is 3.32. The minimum absolute atomic E-state index is 0.112. The summed E-state index contributed by atoms with van der Waals surface area (Å²) in [5.41, 5.74) is -0.649. The molecule has 0 amide bonds. The molecular formula is C24H27ClF2O6. The summed E-state index contributed by atoms with van der Waals surface area (Å²) in [5, 5.41) is 39.6. The quantitative estimate of drug-likeness (QED) is 0.502. The molecule has 0 aromatic heterocycles. The van der Waals surface area contributed by atoms with E-state index < -0.39 is 48.6 Å². The monoisotopic (exact) mass is 484 g/mol. The van der Waals surface area contributed by atoms with Crippen LogP contribution in [0.2, 0.25) is 5.02 Å². The number of rotatable bonds is 6. The Bertz CT molecular complexity index is 948. The third-order valence-electron chi connectivity index (χ3n) is 6.37. The molecule has 4 rings (SSSR count). The predicted molar refractivity (Wildman–Crippen MR) is 116 cm³/mol. The first-order valence-corrected chi connectivity index (χ1v) is 11.4. The van der Waals surface area contributed by atoms with Crippen molar-refractivity contribution in [3.05, 3.63) is 64.2 Å². The highest BCUT2D eigenvalue weighted by Crippen LogP contribution is 2.42. The Morgan fingerprint density at radius 1 is 0.970 bits per heavy atom. The van der Waals surface area contributed by atoms with Crippen LogP contribution in [0.5, 0.6) is 5.75 Å². The largest absolute Gasteiger partial charge is 0.490 e. The fraction of sp³-hybridized carbons (Fsp3) is 0.500. The zero-order valence-corrected chi connectivity index (χ0v) is 18.5. The molecule has 6 nitrogen and oxygen atoms in total. The third-order valence-corrected chi connectivity index (χ3v) is 6.70. The van der Waals surface area contributed by atoms with Gasteiger partial charge in [-0.15, -0.1) is 0 Å². The molecule has 0 radical (unpaired) electrons. The summed E-state index contributed by atoms with van der Waals surface area (Å²) in [7, 11) is 0. The van der Waals surface area contributed by atoms with Crippen molar-refractivity contribution in [3.8, 4) is 5.75 Å². The van der Waals surface area contributed by atoms with E-state index in [9.17, 15) is 20.4 Å². The molecular weight excluding hydrogens is 458 g/mol. The zero-order valence-electron chi connectivity index (χ0n) is 17.8. The van der Waals surface area contributed by atoms with Crippen molar-refractivity contribution in [2.24, 2.45) is 0 Å². The number of aliphatic hydroxyl groups excluding tert-OH is 4. The minimum Gasteiger partial charge on any atom is -0.490 e. The average Bonchev–Trinajstić information content (AvgIpc) is 3.32. The highest BCUT2D eigenvalue weighted by molar-refractivity contribution is 6.31. The van der Waals surface area contributed by atoms with Crippen LogP contribution < -0.4 is 4.74 Å². The number of hydrogen-bond acceptors (Lipinski definition) is 6. The summed E-state index contributed by atoms with van der Waals surface area (Å²) in [6, 6.07) is 9.38. The van der Waals surface area contributed by atoms with Crippen LogP contribution in [0.25, 0.3) is 0 Å². The number of alkyl halides is 2. The van der Waals surface area contributed by atoms with Crippen molar-refractivity contribution < 1.29 is 38.7 Å². The van der Waals surface area contributed by atoms with Gasteiger partial charge in [0.2, 0.25) is 0 Å². The van der Waals surface area contributed by atoms with Crippen molar-refractivity contribution in [1.82, 2.24) is 0 Å². The maximum atomic E-state index is 15.5. The summed E-state index contributed by atoms with van der Waals surface area (Å²) in [5.74, 6) is -2.93. The third kappa shape index (κ3) is 4.87. The highest BCUT2D eigenvalue weighted by Gasteiger charge is 2.45. The van der Waals surface area contributed by atoms with Crippen molar-refractivity contribution in [2.45, 2.75) is 68.2 Å². The molecule has 1 saturated heterocycles. The fourth-order valence-corrected chi connectivity index (χ4v) is 4.67. The van der Waals surface area contributed by atoms with E-state index in [1.54, 1.807) is 0 Å².